The summed E-state index contributed by atoms with van der Waals surface area (Å²) in [4.78, 5) is 14.0. The second kappa shape index (κ2) is 7.21. The molecule has 4 rings (SSSR count). The summed E-state index contributed by atoms with van der Waals surface area (Å²) >= 11 is 0. The van der Waals surface area contributed by atoms with E-state index in [-0.39, 0.29) is 11.9 Å². The normalized spacial score (nSPS) is 18.5. The van der Waals surface area contributed by atoms with Gasteiger partial charge in [0, 0.05) is 26.1 Å². The second-order valence-corrected chi connectivity index (χ2v) is 10.0. The number of hydrogen-bond donors (Lipinski definition) is 0. The average molecular weight is 418 g/mol. The molecule has 0 saturated carbocycles. The number of likely N-dealkylation sites (tertiary alicyclic amines) is 1. The lowest BCUT2D eigenvalue weighted by molar-refractivity contribution is -0.128. The Labute approximate surface area is 171 Å². The maximum atomic E-state index is 13.2. The molecule has 2 saturated heterocycles. The Balaban J connectivity index is 1.47. The summed E-state index contributed by atoms with van der Waals surface area (Å²) in [5.41, 5.74) is 4.34. The van der Waals surface area contributed by atoms with Crippen molar-refractivity contribution in [2.45, 2.75) is 58.0 Å². The smallest absolute Gasteiger partial charge is 0.243 e. The van der Waals surface area contributed by atoms with Gasteiger partial charge in [-0.05, 0) is 56.4 Å². The molecular weight excluding hydrogens is 390 g/mol. The highest BCUT2D eigenvalue weighted by Gasteiger charge is 2.40. The molecule has 0 unspecified atom stereocenters. The van der Waals surface area contributed by atoms with Gasteiger partial charge in [-0.25, -0.2) is 13.1 Å². The third-order valence-electron chi connectivity index (χ3n) is 6.18. The topological polar surface area (TPSA) is 88.4 Å². The summed E-state index contributed by atoms with van der Waals surface area (Å²) in [6.07, 6.45) is 3.31. The Hall–Kier alpha value is -2.26. The minimum absolute atomic E-state index is 0.0353. The van der Waals surface area contributed by atoms with E-state index in [2.05, 4.69) is 10.3 Å². The number of hydrogen-bond acceptors (Lipinski definition) is 5. The summed E-state index contributed by atoms with van der Waals surface area (Å²) in [5, 5.41) is 8.33. The Morgan fingerprint density at radius 3 is 2.34 bits per heavy atom. The van der Waals surface area contributed by atoms with Crippen molar-refractivity contribution < 1.29 is 13.2 Å². The van der Waals surface area contributed by atoms with Crippen molar-refractivity contribution in [1.82, 2.24) is 24.2 Å². The minimum Gasteiger partial charge on any atom is -0.337 e. The third-order valence-corrected chi connectivity index (χ3v) is 8.29. The summed E-state index contributed by atoms with van der Waals surface area (Å²) in [5.74, 6) is 0.152. The fraction of sp³-hybridized carbons (Fsp3) is 0.550. The van der Waals surface area contributed by atoms with Gasteiger partial charge in [0.1, 0.15) is 5.69 Å². The number of aromatic nitrogens is 3. The van der Waals surface area contributed by atoms with Crippen molar-refractivity contribution in [3.63, 3.8) is 0 Å². The molecule has 0 N–H and O–H groups in total. The van der Waals surface area contributed by atoms with Crippen LogP contribution in [0.4, 0.5) is 0 Å². The third kappa shape index (κ3) is 3.46. The maximum Gasteiger partial charge on any atom is 0.243 e. The predicted octanol–water partition coefficient (Wildman–Crippen LogP) is 1.88. The summed E-state index contributed by atoms with van der Waals surface area (Å²) in [6, 6.07) is 2.00. The van der Waals surface area contributed by atoms with Crippen molar-refractivity contribution in [1.29, 1.82) is 0 Å². The Morgan fingerprint density at radius 1 is 1.10 bits per heavy atom. The van der Waals surface area contributed by atoms with Crippen LogP contribution in [-0.2, 0) is 21.4 Å². The van der Waals surface area contributed by atoms with Crippen LogP contribution in [0.2, 0.25) is 0 Å². The fourth-order valence-electron chi connectivity index (χ4n) is 4.11. The van der Waals surface area contributed by atoms with E-state index in [1.54, 1.807) is 9.58 Å². The first-order chi connectivity index (χ1) is 13.7. The SMILES string of the molecule is Cc1cc(C)c(C)c(S(=O)(=O)N2CC(n3cc(CN4CCCC4=O)nn3)C2)c1C. The Kier molecular flexibility index (Phi) is 4.98. The van der Waals surface area contributed by atoms with Crippen molar-refractivity contribution >= 4 is 15.9 Å². The first-order valence-electron chi connectivity index (χ1n) is 9.94. The number of amides is 1. The average Bonchev–Trinajstić information content (AvgIpc) is 3.21. The van der Waals surface area contributed by atoms with Gasteiger partial charge in [0.25, 0.3) is 0 Å². The highest BCUT2D eigenvalue weighted by atomic mass is 32.2. The molecule has 0 aliphatic carbocycles. The molecule has 8 nitrogen and oxygen atoms in total. The highest BCUT2D eigenvalue weighted by molar-refractivity contribution is 7.89. The van der Waals surface area contributed by atoms with E-state index >= 15 is 0 Å². The number of nitrogens with zero attached hydrogens (tertiary/aromatic N) is 5. The van der Waals surface area contributed by atoms with Gasteiger partial charge in [-0.2, -0.15) is 4.31 Å². The zero-order chi connectivity index (χ0) is 20.9. The van der Waals surface area contributed by atoms with Crippen LogP contribution in [-0.4, -0.2) is 58.2 Å². The van der Waals surface area contributed by atoms with Crippen LogP contribution in [0.5, 0.6) is 0 Å². The van der Waals surface area contributed by atoms with Crippen LogP contribution >= 0.6 is 0 Å². The van der Waals surface area contributed by atoms with Crippen molar-refractivity contribution in [3.05, 3.63) is 40.2 Å². The lowest BCUT2D eigenvalue weighted by Crippen LogP contribution is -2.51. The molecule has 156 valence electrons. The first-order valence-corrected chi connectivity index (χ1v) is 11.4. The summed E-state index contributed by atoms with van der Waals surface area (Å²) < 4.78 is 29.7. The molecule has 2 aliphatic heterocycles. The predicted molar refractivity (Wildman–Crippen MR) is 108 cm³/mol. The monoisotopic (exact) mass is 417 g/mol. The quantitative estimate of drug-likeness (QED) is 0.741. The van der Waals surface area contributed by atoms with E-state index in [0.29, 0.717) is 31.0 Å². The molecule has 2 aromatic rings. The van der Waals surface area contributed by atoms with Crippen molar-refractivity contribution in [2.24, 2.45) is 0 Å². The van der Waals surface area contributed by atoms with Crippen LogP contribution in [0.1, 0.15) is 46.8 Å². The van der Waals surface area contributed by atoms with Gasteiger partial charge in [0.2, 0.25) is 15.9 Å². The van der Waals surface area contributed by atoms with E-state index < -0.39 is 10.0 Å². The molecule has 0 atom stereocenters. The Bertz CT molecular complexity index is 1040. The molecule has 9 heteroatoms. The van der Waals surface area contributed by atoms with E-state index in [4.69, 9.17) is 0 Å². The van der Waals surface area contributed by atoms with Gasteiger partial charge in [0.05, 0.1) is 23.7 Å². The van der Waals surface area contributed by atoms with Crippen molar-refractivity contribution in [2.75, 3.05) is 19.6 Å². The van der Waals surface area contributed by atoms with E-state index in [9.17, 15) is 13.2 Å². The number of aryl methyl sites for hydroxylation is 2. The van der Waals surface area contributed by atoms with Gasteiger partial charge < -0.3 is 4.90 Å². The lowest BCUT2D eigenvalue weighted by Gasteiger charge is -2.38. The zero-order valence-electron chi connectivity index (χ0n) is 17.3. The molecule has 0 radical (unpaired) electrons. The van der Waals surface area contributed by atoms with Gasteiger partial charge in [-0.1, -0.05) is 11.3 Å². The number of sulfonamides is 1. The minimum atomic E-state index is -3.55. The fourth-order valence-corrected chi connectivity index (χ4v) is 6.20. The standard InChI is InChI=1S/C20H27N5O3S/c1-13-8-14(2)16(4)20(15(13)3)29(27,28)24-11-18(12-24)25-10-17(21-22-25)9-23-7-5-6-19(23)26/h8,10,18H,5-7,9,11-12H2,1-4H3. The van der Waals surface area contributed by atoms with Crippen LogP contribution in [0.3, 0.4) is 0 Å². The molecular formula is C20H27N5O3S. The molecule has 3 heterocycles. The van der Waals surface area contributed by atoms with Crippen LogP contribution in [0, 0.1) is 27.7 Å². The number of carbonyl (C=O) groups excluding carboxylic acids is 1. The van der Waals surface area contributed by atoms with E-state index in [0.717, 1.165) is 40.9 Å². The number of benzene rings is 1. The molecule has 1 aromatic heterocycles. The highest BCUT2D eigenvalue weighted by Crippen LogP contribution is 2.33. The van der Waals surface area contributed by atoms with Gasteiger partial charge >= 0.3 is 0 Å². The number of carbonyl (C=O) groups is 1. The molecule has 2 aliphatic rings. The summed E-state index contributed by atoms with van der Waals surface area (Å²) in [6.45, 7) is 9.61. The maximum absolute atomic E-state index is 13.2. The molecule has 0 bridgehead atoms. The van der Waals surface area contributed by atoms with E-state index in [1.165, 1.54) is 4.31 Å². The van der Waals surface area contributed by atoms with Crippen LogP contribution in [0.15, 0.2) is 17.2 Å². The zero-order valence-corrected chi connectivity index (χ0v) is 18.2. The molecule has 1 aromatic carbocycles. The van der Waals surface area contributed by atoms with Gasteiger partial charge in [-0.15, -0.1) is 5.10 Å². The van der Waals surface area contributed by atoms with Crippen LogP contribution in [0.25, 0.3) is 0 Å². The first kappa shape index (κ1) is 20.0. The summed E-state index contributed by atoms with van der Waals surface area (Å²) in [7, 11) is -3.55. The van der Waals surface area contributed by atoms with E-state index in [1.807, 2.05) is 40.0 Å². The lowest BCUT2D eigenvalue weighted by atomic mass is 10.0. The number of rotatable bonds is 5. The molecule has 0 spiro atoms. The largest absolute Gasteiger partial charge is 0.337 e. The Morgan fingerprint density at radius 2 is 1.76 bits per heavy atom. The van der Waals surface area contributed by atoms with Gasteiger partial charge in [-0.3, -0.25) is 4.79 Å². The molecule has 29 heavy (non-hydrogen) atoms. The molecule has 2 fully saturated rings. The second-order valence-electron chi connectivity index (χ2n) is 8.17. The van der Waals surface area contributed by atoms with Crippen LogP contribution < -0.4 is 0 Å². The van der Waals surface area contributed by atoms with Gasteiger partial charge in [0.15, 0.2) is 0 Å². The molecule has 1 amide bonds. The van der Waals surface area contributed by atoms with Crippen molar-refractivity contribution in [3.8, 4) is 0 Å².